The molecular weight excluding hydrogens is 260 g/mol. The van der Waals surface area contributed by atoms with Crippen molar-refractivity contribution in [3.63, 3.8) is 0 Å². The molecule has 0 aliphatic carbocycles. The van der Waals surface area contributed by atoms with Gasteiger partial charge < -0.3 is 14.7 Å². The molecule has 1 atom stereocenters. The highest BCUT2D eigenvalue weighted by Crippen LogP contribution is 2.24. The maximum atomic E-state index is 10.1. The van der Waals surface area contributed by atoms with Crippen LogP contribution in [0.4, 0.5) is 11.9 Å². The molecule has 0 amide bonds. The van der Waals surface area contributed by atoms with E-state index in [2.05, 4.69) is 20.4 Å². The third-order valence-corrected chi connectivity index (χ3v) is 3.35. The van der Waals surface area contributed by atoms with E-state index in [0.717, 1.165) is 19.4 Å². The van der Waals surface area contributed by atoms with E-state index >= 15 is 0 Å². The zero-order chi connectivity index (χ0) is 14.6. The van der Waals surface area contributed by atoms with Gasteiger partial charge in [-0.3, -0.25) is 5.43 Å². The number of hydrazine groups is 1. The van der Waals surface area contributed by atoms with Crippen LogP contribution in [0.3, 0.4) is 0 Å². The molecule has 1 fully saturated rings. The van der Waals surface area contributed by atoms with Gasteiger partial charge in [-0.05, 0) is 33.1 Å². The molecule has 0 bridgehead atoms. The van der Waals surface area contributed by atoms with Gasteiger partial charge in [0.2, 0.25) is 11.9 Å². The molecule has 2 rings (SSSR count). The van der Waals surface area contributed by atoms with Gasteiger partial charge in [-0.2, -0.15) is 15.0 Å². The Balaban J connectivity index is 2.20. The van der Waals surface area contributed by atoms with Gasteiger partial charge in [-0.15, -0.1) is 0 Å². The second-order valence-electron chi connectivity index (χ2n) is 5.16. The minimum Gasteiger partial charge on any atom is -0.464 e. The molecule has 1 unspecified atom stereocenters. The Bertz CT molecular complexity index is 454. The highest BCUT2D eigenvalue weighted by Gasteiger charge is 2.26. The molecule has 1 aliphatic rings. The zero-order valence-electron chi connectivity index (χ0n) is 12.0. The maximum Gasteiger partial charge on any atom is 0.323 e. The Labute approximate surface area is 118 Å². The molecule has 0 spiro atoms. The van der Waals surface area contributed by atoms with Crippen LogP contribution in [0.5, 0.6) is 6.01 Å². The first kappa shape index (κ1) is 14.7. The Hall–Kier alpha value is -1.67. The minimum atomic E-state index is -0.626. The Morgan fingerprint density at radius 3 is 2.85 bits per heavy atom. The summed E-state index contributed by atoms with van der Waals surface area (Å²) in [7, 11) is 0. The standard InChI is InChI=1S/C12H22N6O2/c1-3-20-11-15-9(17-13)14-10(16-11)18-7-4-5-12(2,19)6-8-18/h19H,3-8,13H2,1-2H3,(H,14,15,16,17). The van der Waals surface area contributed by atoms with Gasteiger partial charge >= 0.3 is 6.01 Å². The smallest absolute Gasteiger partial charge is 0.323 e. The van der Waals surface area contributed by atoms with Crippen LogP contribution in [-0.2, 0) is 0 Å². The molecule has 20 heavy (non-hydrogen) atoms. The summed E-state index contributed by atoms with van der Waals surface area (Å²) in [4.78, 5) is 14.6. The van der Waals surface area contributed by atoms with E-state index in [-0.39, 0.29) is 12.0 Å². The molecule has 1 aromatic rings. The van der Waals surface area contributed by atoms with Crippen molar-refractivity contribution in [1.29, 1.82) is 0 Å². The lowest BCUT2D eigenvalue weighted by Gasteiger charge is -2.22. The maximum absolute atomic E-state index is 10.1. The average molecular weight is 282 g/mol. The van der Waals surface area contributed by atoms with E-state index in [1.807, 2.05) is 18.7 Å². The van der Waals surface area contributed by atoms with Gasteiger partial charge in [0.15, 0.2) is 0 Å². The number of aliphatic hydroxyl groups is 1. The van der Waals surface area contributed by atoms with Crippen LogP contribution in [0.15, 0.2) is 0 Å². The van der Waals surface area contributed by atoms with E-state index < -0.39 is 5.60 Å². The number of rotatable bonds is 4. The van der Waals surface area contributed by atoms with Crippen molar-refractivity contribution in [1.82, 2.24) is 15.0 Å². The lowest BCUT2D eigenvalue weighted by molar-refractivity contribution is 0.0481. The van der Waals surface area contributed by atoms with Crippen LogP contribution in [0, 0.1) is 0 Å². The molecular formula is C12H22N6O2. The molecule has 1 saturated heterocycles. The number of anilines is 2. The molecule has 8 heteroatoms. The summed E-state index contributed by atoms with van der Waals surface area (Å²) < 4.78 is 5.32. The Kier molecular flexibility index (Phi) is 4.56. The van der Waals surface area contributed by atoms with E-state index in [1.165, 1.54) is 0 Å². The SMILES string of the molecule is CCOc1nc(NN)nc(N2CCCC(C)(O)CC2)n1. The van der Waals surface area contributed by atoms with Crippen LogP contribution in [0.1, 0.15) is 33.1 Å². The van der Waals surface area contributed by atoms with Crippen LogP contribution >= 0.6 is 0 Å². The van der Waals surface area contributed by atoms with Gasteiger partial charge in [-0.1, -0.05) is 0 Å². The average Bonchev–Trinajstić information content (AvgIpc) is 2.59. The number of nitrogens with zero attached hydrogens (tertiary/aromatic N) is 4. The Morgan fingerprint density at radius 2 is 2.15 bits per heavy atom. The fourth-order valence-electron chi connectivity index (χ4n) is 2.21. The summed E-state index contributed by atoms with van der Waals surface area (Å²) >= 11 is 0. The number of nitrogen functional groups attached to an aromatic ring is 1. The molecule has 2 heterocycles. The van der Waals surface area contributed by atoms with Crippen LogP contribution in [-0.4, -0.2) is 45.4 Å². The summed E-state index contributed by atoms with van der Waals surface area (Å²) in [5, 5.41) is 10.1. The van der Waals surface area contributed by atoms with E-state index in [4.69, 9.17) is 10.6 Å². The number of nitrogens with two attached hydrogens (primary N) is 1. The topological polar surface area (TPSA) is 109 Å². The number of nitrogens with one attached hydrogen (secondary N) is 1. The first-order valence-corrected chi connectivity index (χ1v) is 6.87. The molecule has 0 saturated carbocycles. The summed E-state index contributed by atoms with van der Waals surface area (Å²) in [6, 6.07) is 0.251. The molecule has 1 aliphatic heterocycles. The van der Waals surface area contributed by atoms with Crippen molar-refractivity contribution >= 4 is 11.9 Å². The van der Waals surface area contributed by atoms with Gasteiger partial charge in [-0.25, -0.2) is 5.84 Å². The van der Waals surface area contributed by atoms with Crippen molar-refractivity contribution in [3.05, 3.63) is 0 Å². The lowest BCUT2D eigenvalue weighted by Crippen LogP contribution is -2.30. The molecule has 112 valence electrons. The quantitative estimate of drug-likeness (QED) is 0.534. The summed E-state index contributed by atoms with van der Waals surface area (Å²) in [5.74, 6) is 6.17. The minimum absolute atomic E-state index is 0.251. The van der Waals surface area contributed by atoms with Gasteiger partial charge in [0.05, 0.1) is 12.2 Å². The predicted molar refractivity (Wildman–Crippen MR) is 75.5 cm³/mol. The number of hydrogen-bond donors (Lipinski definition) is 3. The summed E-state index contributed by atoms with van der Waals surface area (Å²) in [5.41, 5.74) is 1.79. The highest BCUT2D eigenvalue weighted by atomic mass is 16.5. The monoisotopic (exact) mass is 282 g/mol. The number of aromatic nitrogens is 3. The van der Waals surface area contributed by atoms with Crippen LogP contribution in [0.25, 0.3) is 0 Å². The zero-order valence-corrected chi connectivity index (χ0v) is 12.0. The summed E-state index contributed by atoms with van der Waals surface area (Å²) in [6.45, 7) is 5.68. The molecule has 0 aromatic carbocycles. The number of ether oxygens (including phenoxy) is 1. The van der Waals surface area contributed by atoms with E-state index in [0.29, 0.717) is 25.5 Å². The van der Waals surface area contributed by atoms with Gasteiger partial charge in [0, 0.05) is 13.1 Å². The van der Waals surface area contributed by atoms with Crippen molar-refractivity contribution in [2.24, 2.45) is 5.84 Å². The summed E-state index contributed by atoms with van der Waals surface area (Å²) in [6.07, 6.45) is 2.33. The molecule has 8 nitrogen and oxygen atoms in total. The Morgan fingerprint density at radius 1 is 1.35 bits per heavy atom. The van der Waals surface area contributed by atoms with Crippen molar-refractivity contribution < 1.29 is 9.84 Å². The van der Waals surface area contributed by atoms with Crippen molar-refractivity contribution in [3.8, 4) is 6.01 Å². The first-order chi connectivity index (χ1) is 9.54. The second-order valence-corrected chi connectivity index (χ2v) is 5.16. The lowest BCUT2D eigenvalue weighted by atomic mass is 9.98. The fraction of sp³-hybridized carbons (Fsp3) is 0.750. The largest absolute Gasteiger partial charge is 0.464 e. The predicted octanol–water partition coefficient (Wildman–Crippen LogP) is 0.297. The second kappa shape index (κ2) is 6.19. The van der Waals surface area contributed by atoms with Gasteiger partial charge in [0.1, 0.15) is 0 Å². The molecule has 1 aromatic heterocycles. The third kappa shape index (κ3) is 3.67. The van der Waals surface area contributed by atoms with Crippen molar-refractivity contribution in [2.75, 3.05) is 30.0 Å². The van der Waals surface area contributed by atoms with Crippen LogP contribution < -0.4 is 20.9 Å². The van der Waals surface area contributed by atoms with E-state index in [9.17, 15) is 5.11 Å². The van der Waals surface area contributed by atoms with Crippen molar-refractivity contribution in [2.45, 2.75) is 38.7 Å². The van der Waals surface area contributed by atoms with Gasteiger partial charge in [0.25, 0.3) is 0 Å². The molecule has 0 radical (unpaired) electrons. The van der Waals surface area contributed by atoms with Crippen LogP contribution in [0.2, 0.25) is 0 Å². The first-order valence-electron chi connectivity index (χ1n) is 6.87. The highest BCUT2D eigenvalue weighted by molar-refractivity contribution is 5.38. The normalized spacial score (nSPS) is 23.3. The van der Waals surface area contributed by atoms with E-state index in [1.54, 1.807) is 0 Å². The third-order valence-electron chi connectivity index (χ3n) is 3.35. The molecule has 4 N–H and O–H groups in total. The number of hydrogen-bond acceptors (Lipinski definition) is 8. The fourth-order valence-corrected chi connectivity index (χ4v) is 2.21.